The van der Waals surface area contributed by atoms with Gasteiger partial charge in [-0.1, -0.05) is 15.9 Å². The molecule has 0 heterocycles. The lowest BCUT2D eigenvalue weighted by molar-refractivity contribution is 0.304. The summed E-state index contributed by atoms with van der Waals surface area (Å²) in [5, 5.41) is -2.72. The normalized spacial score (nSPS) is 29.6. The predicted molar refractivity (Wildman–Crippen MR) is 52.3 cm³/mol. The Kier molecular flexibility index (Phi) is 1.70. The van der Waals surface area contributed by atoms with Gasteiger partial charge < -0.3 is 4.43 Å². The topological polar surface area (TPSA) is 9.23 Å². The third-order valence-electron chi connectivity index (χ3n) is 0.518. The van der Waals surface area contributed by atoms with E-state index in [1.54, 1.807) is 19.6 Å². The van der Waals surface area contributed by atoms with Gasteiger partial charge in [-0.25, -0.2) is 0 Å². The average Bonchev–Trinajstić information content (AvgIpc) is 1.95. The van der Waals surface area contributed by atoms with Crippen LogP contribution in [0.1, 0.15) is 23.7 Å². The average molecular weight is 233 g/mol. The molecule has 0 aromatic heterocycles. The molecule has 0 saturated heterocycles. The van der Waals surface area contributed by atoms with Gasteiger partial charge >= 0.3 is 0 Å². The van der Waals surface area contributed by atoms with E-state index in [4.69, 9.17) is 15.4 Å². The van der Waals surface area contributed by atoms with Crippen LogP contribution in [0.25, 0.3) is 0 Å². The molecule has 0 saturated carbocycles. The quantitative estimate of drug-likeness (QED) is 0.524. The van der Waals surface area contributed by atoms with Crippen LogP contribution in [0, 0.1) is 0 Å². The van der Waals surface area contributed by atoms with E-state index in [9.17, 15) is 0 Å². The molecule has 3 heteroatoms. The lowest BCUT2D eigenvalue weighted by Gasteiger charge is -2.16. The highest BCUT2D eigenvalue weighted by molar-refractivity contribution is 9.09. The predicted octanol–water partition coefficient (Wildman–Crippen LogP) is 3.01. The second-order valence-corrected chi connectivity index (χ2v) is 7.49. The third kappa shape index (κ3) is 8.66. The Hall–Kier alpha value is 0.657. The molecule has 0 radical (unpaired) electrons. The van der Waals surface area contributed by atoms with Gasteiger partial charge in [0.05, 0.1) is 2.74 Å². The summed E-state index contributed by atoms with van der Waals surface area (Å²) in [6.45, 7) is 1.99. The maximum absolute atomic E-state index is 7.61. The minimum atomic E-state index is -3.16. The fourth-order valence-corrected chi connectivity index (χ4v) is 0.684. The molecule has 0 aromatic carbocycles. The molecule has 0 fully saturated rings. The number of hydrogen-bond donors (Lipinski definition) is 0. The van der Waals surface area contributed by atoms with E-state index in [1.807, 2.05) is 0 Å². The summed E-state index contributed by atoms with van der Waals surface area (Å²) in [7, 11) is -2.46. The van der Waals surface area contributed by atoms with Crippen LogP contribution in [0.5, 0.6) is 0 Å². The summed E-state index contributed by atoms with van der Waals surface area (Å²) in [6.07, 6.45) is -6.27. The summed E-state index contributed by atoms with van der Waals surface area (Å²) in [4.78, 5) is 0. The van der Waals surface area contributed by atoms with Crippen LogP contribution in [-0.4, -0.2) is 20.2 Å². The highest BCUT2D eigenvalue weighted by Gasteiger charge is 2.12. The van der Waals surface area contributed by atoms with Crippen molar-refractivity contribution >= 4 is 24.2 Å². The third-order valence-corrected chi connectivity index (χ3v) is 1.43. The molecule has 0 N–H and O–H groups in total. The zero-order valence-electron chi connectivity index (χ0n) is 14.3. The minimum Gasteiger partial charge on any atom is -0.418 e. The molecule has 0 rings (SSSR count). The van der Waals surface area contributed by atoms with Crippen molar-refractivity contribution in [1.82, 2.24) is 0 Å². The minimum absolute atomic E-state index is 1.64. The Bertz CT molecular complexity index is 308. The van der Waals surface area contributed by atoms with E-state index < -0.39 is 32.9 Å². The first kappa shape index (κ1) is 3.19. The van der Waals surface area contributed by atoms with Gasteiger partial charge in [0.2, 0.25) is 0 Å². The smallest absolute Gasteiger partial charge is 0.183 e. The standard InChI is InChI=1S/C7H17BrOSi/c1-10(2,3)9-7-5-4-6-8/h4-7H2,1-3H3/i4D2,5D2,6D2,7D2. The van der Waals surface area contributed by atoms with Crippen molar-refractivity contribution in [1.29, 1.82) is 0 Å². The maximum atomic E-state index is 7.61. The molecule has 62 valence electrons. The summed E-state index contributed by atoms with van der Waals surface area (Å²) >= 11 is 2.42. The van der Waals surface area contributed by atoms with Crippen molar-refractivity contribution in [3.05, 3.63) is 0 Å². The molecule has 0 aliphatic carbocycles. The molecule has 0 aromatic rings. The van der Waals surface area contributed by atoms with Crippen LogP contribution < -0.4 is 0 Å². The van der Waals surface area contributed by atoms with Crippen LogP contribution in [0.15, 0.2) is 0 Å². The van der Waals surface area contributed by atoms with E-state index in [0.29, 0.717) is 0 Å². The Morgan fingerprint density at radius 1 is 1.40 bits per heavy atom. The molecular formula is C7H17BrOSi. The molecule has 0 amide bonds. The van der Waals surface area contributed by atoms with E-state index in [1.165, 1.54) is 0 Å². The van der Waals surface area contributed by atoms with Gasteiger partial charge in [0.15, 0.2) is 8.32 Å². The van der Waals surface area contributed by atoms with E-state index in [-0.39, 0.29) is 0 Å². The molecule has 0 unspecified atom stereocenters. The summed E-state index contributed by atoms with van der Waals surface area (Å²) in [5.41, 5.74) is 0. The lowest BCUT2D eigenvalue weighted by atomic mass is 10.4. The fraction of sp³-hybridized carbons (Fsp3) is 1.00. The van der Waals surface area contributed by atoms with Crippen molar-refractivity contribution in [3.8, 4) is 0 Å². The summed E-state index contributed by atoms with van der Waals surface area (Å²) in [6, 6.07) is 0. The SMILES string of the molecule is [2H]C([2H])(Br)C([2H])([2H])C([2H])([2H])C([2H])([2H])O[Si](C)(C)C. The van der Waals surface area contributed by atoms with E-state index in [0.717, 1.165) is 0 Å². The second-order valence-electron chi connectivity index (χ2n) is 2.66. The lowest BCUT2D eigenvalue weighted by Crippen LogP contribution is -2.25. The highest BCUT2D eigenvalue weighted by Crippen LogP contribution is 2.04. The molecule has 0 aliphatic heterocycles. The summed E-state index contributed by atoms with van der Waals surface area (Å²) in [5.74, 6) is 0. The first-order chi connectivity index (χ1) is 7.46. The van der Waals surface area contributed by atoms with Crippen LogP contribution in [0.2, 0.25) is 19.6 Å². The number of hydrogen-bond acceptors (Lipinski definition) is 1. The monoisotopic (exact) mass is 232 g/mol. The number of halogens is 1. The van der Waals surface area contributed by atoms with E-state index >= 15 is 0 Å². The number of rotatable bonds is 5. The Morgan fingerprint density at radius 2 is 2.00 bits per heavy atom. The fourth-order valence-electron chi connectivity index (χ4n) is 0.228. The van der Waals surface area contributed by atoms with Gasteiger partial charge in [-0.2, -0.15) is 0 Å². The zero-order valence-corrected chi connectivity index (χ0v) is 8.87. The first-order valence-electron chi connectivity index (χ1n) is 6.85. The second kappa shape index (κ2) is 5.33. The highest BCUT2D eigenvalue weighted by atomic mass is 79.9. The molecule has 10 heavy (non-hydrogen) atoms. The van der Waals surface area contributed by atoms with Gasteiger partial charge in [-0.15, -0.1) is 0 Å². The van der Waals surface area contributed by atoms with Gasteiger partial charge in [0.1, 0.15) is 0 Å². The van der Waals surface area contributed by atoms with Gasteiger partial charge in [-0.3, -0.25) is 0 Å². The molecule has 0 spiro atoms. The molecule has 0 bridgehead atoms. The van der Waals surface area contributed by atoms with Crippen LogP contribution in [0.4, 0.5) is 0 Å². The molecule has 1 nitrogen and oxygen atoms in total. The Morgan fingerprint density at radius 3 is 2.40 bits per heavy atom. The largest absolute Gasteiger partial charge is 0.418 e. The van der Waals surface area contributed by atoms with Crippen molar-refractivity contribution in [2.75, 3.05) is 11.8 Å². The van der Waals surface area contributed by atoms with Gasteiger partial charge in [-0.05, 0) is 32.4 Å². The van der Waals surface area contributed by atoms with Gasteiger partial charge in [0, 0.05) is 20.1 Å². The van der Waals surface area contributed by atoms with Crippen molar-refractivity contribution in [2.45, 2.75) is 32.4 Å². The molecule has 0 atom stereocenters. The molecular weight excluding hydrogens is 208 g/mol. The number of alkyl halides is 1. The van der Waals surface area contributed by atoms with Crippen LogP contribution in [0.3, 0.4) is 0 Å². The summed E-state index contributed by atoms with van der Waals surface area (Å²) < 4.78 is 65.0. The van der Waals surface area contributed by atoms with Crippen molar-refractivity contribution in [3.63, 3.8) is 0 Å². The Labute approximate surface area is 84.7 Å². The van der Waals surface area contributed by atoms with Crippen LogP contribution in [-0.2, 0) is 4.43 Å². The van der Waals surface area contributed by atoms with Crippen molar-refractivity contribution < 1.29 is 15.4 Å². The van der Waals surface area contributed by atoms with Gasteiger partial charge in [0.25, 0.3) is 0 Å². The van der Waals surface area contributed by atoms with Crippen LogP contribution >= 0.6 is 15.9 Å². The first-order valence-corrected chi connectivity index (χ1v) is 7.05. The van der Waals surface area contributed by atoms with E-state index in [2.05, 4.69) is 15.9 Å². The van der Waals surface area contributed by atoms with Crippen molar-refractivity contribution in [2.24, 2.45) is 0 Å². The zero-order chi connectivity index (χ0) is 15.2. The molecule has 0 aliphatic rings. The maximum Gasteiger partial charge on any atom is 0.183 e. The Balaban J connectivity index is 5.50.